The Morgan fingerprint density at radius 3 is 2.39 bits per heavy atom. The summed E-state index contributed by atoms with van der Waals surface area (Å²) in [6.07, 6.45) is 0. The van der Waals surface area contributed by atoms with E-state index in [-0.39, 0.29) is 11.8 Å². The Morgan fingerprint density at radius 1 is 1.28 bits per heavy atom. The first-order valence-corrected chi connectivity index (χ1v) is 6.17. The summed E-state index contributed by atoms with van der Waals surface area (Å²) in [5.74, 6) is 0.830. The molecule has 0 aliphatic heterocycles. The molecule has 0 radical (unpaired) electrons. The maximum atomic E-state index is 11.5. The first-order chi connectivity index (χ1) is 8.49. The minimum atomic E-state index is -0.0129. The fraction of sp³-hybridized carbons (Fsp3) is 0.500. The van der Waals surface area contributed by atoms with E-state index in [0.717, 1.165) is 18.0 Å². The van der Waals surface area contributed by atoms with E-state index < -0.39 is 0 Å². The second-order valence-electron chi connectivity index (χ2n) is 4.82. The fourth-order valence-electron chi connectivity index (χ4n) is 1.27. The fourth-order valence-corrected chi connectivity index (χ4v) is 1.27. The Hall–Kier alpha value is -1.55. The van der Waals surface area contributed by atoms with Gasteiger partial charge in [0.05, 0.1) is 0 Å². The van der Waals surface area contributed by atoms with Gasteiger partial charge < -0.3 is 15.0 Å². The van der Waals surface area contributed by atoms with E-state index in [9.17, 15) is 4.79 Å². The van der Waals surface area contributed by atoms with Gasteiger partial charge in [0.2, 0.25) is 5.91 Å². The second kappa shape index (κ2) is 7.01. The number of carbonyl (C=O) groups excluding carboxylic acids is 1. The molecule has 100 valence electrons. The number of nitrogens with zero attached hydrogens (tertiary/aromatic N) is 1. The first kappa shape index (κ1) is 14.5. The smallest absolute Gasteiger partial charge is 0.226 e. The number of rotatable bonds is 6. The van der Waals surface area contributed by atoms with Crippen LogP contribution in [0.15, 0.2) is 24.3 Å². The standard InChI is InChI=1S/C14H22N2O2/c1-11(2)14(17)15-12-5-7-13(8-6-12)18-10-9-16(3)4/h5-8,11H,9-10H2,1-4H3,(H,15,17). The number of anilines is 1. The number of hydrogen-bond acceptors (Lipinski definition) is 3. The minimum absolute atomic E-state index is 0.0129. The average Bonchev–Trinajstić information content (AvgIpc) is 2.30. The van der Waals surface area contributed by atoms with Crippen molar-refractivity contribution in [2.75, 3.05) is 32.6 Å². The highest BCUT2D eigenvalue weighted by Crippen LogP contribution is 2.16. The van der Waals surface area contributed by atoms with Crippen molar-refractivity contribution >= 4 is 11.6 Å². The van der Waals surface area contributed by atoms with Crippen LogP contribution in [0.25, 0.3) is 0 Å². The Kier molecular flexibility index (Phi) is 5.65. The molecule has 4 nitrogen and oxygen atoms in total. The summed E-state index contributed by atoms with van der Waals surface area (Å²) in [6.45, 7) is 5.28. The summed E-state index contributed by atoms with van der Waals surface area (Å²) in [5.41, 5.74) is 0.800. The summed E-state index contributed by atoms with van der Waals surface area (Å²) in [5, 5.41) is 2.84. The quantitative estimate of drug-likeness (QED) is 0.841. The predicted molar refractivity (Wildman–Crippen MR) is 74.0 cm³/mol. The first-order valence-electron chi connectivity index (χ1n) is 6.17. The Labute approximate surface area is 109 Å². The van der Waals surface area contributed by atoms with E-state index in [1.54, 1.807) is 0 Å². The van der Waals surface area contributed by atoms with E-state index in [2.05, 4.69) is 10.2 Å². The molecular weight excluding hydrogens is 228 g/mol. The van der Waals surface area contributed by atoms with Gasteiger partial charge in [0, 0.05) is 18.2 Å². The topological polar surface area (TPSA) is 41.6 Å². The van der Waals surface area contributed by atoms with Crippen LogP contribution in [0.1, 0.15) is 13.8 Å². The normalized spacial score (nSPS) is 10.8. The van der Waals surface area contributed by atoms with Crippen LogP contribution in [0.2, 0.25) is 0 Å². The van der Waals surface area contributed by atoms with Crippen molar-refractivity contribution in [3.63, 3.8) is 0 Å². The minimum Gasteiger partial charge on any atom is -0.492 e. The van der Waals surface area contributed by atoms with Gasteiger partial charge in [-0.2, -0.15) is 0 Å². The summed E-state index contributed by atoms with van der Waals surface area (Å²) in [6, 6.07) is 7.44. The number of benzene rings is 1. The van der Waals surface area contributed by atoms with Crippen molar-refractivity contribution in [2.24, 2.45) is 5.92 Å². The van der Waals surface area contributed by atoms with Crippen LogP contribution in [-0.2, 0) is 4.79 Å². The molecule has 18 heavy (non-hydrogen) atoms. The van der Waals surface area contributed by atoms with Crippen molar-refractivity contribution < 1.29 is 9.53 Å². The van der Waals surface area contributed by atoms with Gasteiger partial charge >= 0.3 is 0 Å². The van der Waals surface area contributed by atoms with Crippen LogP contribution >= 0.6 is 0 Å². The number of nitrogens with one attached hydrogen (secondary N) is 1. The molecule has 0 saturated heterocycles. The molecule has 0 fully saturated rings. The number of amides is 1. The maximum Gasteiger partial charge on any atom is 0.226 e. The summed E-state index contributed by atoms with van der Waals surface area (Å²) in [7, 11) is 4.02. The molecule has 0 heterocycles. The van der Waals surface area contributed by atoms with Crippen LogP contribution in [0.3, 0.4) is 0 Å². The molecule has 0 spiro atoms. The van der Waals surface area contributed by atoms with Crippen molar-refractivity contribution in [3.05, 3.63) is 24.3 Å². The van der Waals surface area contributed by atoms with Crippen LogP contribution in [0.5, 0.6) is 5.75 Å². The van der Waals surface area contributed by atoms with Gasteiger partial charge in [-0.1, -0.05) is 13.8 Å². The Balaban J connectivity index is 2.45. The molecule has 0 bridgehead atoms. The molecular formula is C14H22N2O2. The van der Waals surface area contributed by atoms with Gasteiger partial charge in [-0.25, -0.2) is 0 Å². The lowest BCUT2D eigenvalue weighted by molar-refractivity contribution is -0.118. The Bertz CT molecular complexity index is 372. The van der Waals surface area contributed by atoms with Crippen molar-refractivity contribution in [2.45, 2.75) is 13.8 Å². The second-order valence-corrected chi connectivity index (χ2v) is 4.82. The molecule has 0 unspecified atom stereocenters. The highest BCUT2D eigenvalue weighted by molar-refractivity contribution is 5.92. The molecule has 0 saturated carbocycles. The number of carbonyl (C=O) groups is 1. The van der Waals surface area contributed by atoms with E-state index in [1.807, 2.05) is 52.2 Å². The van der Waals surface area contributed by atoms with Gasteiger partial charge in [0.15, 0.2) is 0 Å². The van der Waals surface area contributed by atoms with Crippen LogP contribution in [0.4, 0.5) is 5.69 Å². The SMILES string of the molecule is CC(C)C(=O)Nc1ccc(OCCN(C)C)cc1. The van der Waals surface area contributed by atoms with Crippen LogP contribution < -0.4 is 10.1 Å². The predicted octanol–water partition coefficient (Wildman–Crippen LogP) is 2.22. The number of ether oxygens (including phenoxy) is 1. The molecule has 0 aliphatic rings. The highest BCUT2D eigenvalue weighted by Gasteiger charge is 2.06. The zero-order chi connectivity index (χ0) is 13.5. The largest absolute Gasteiger partial charge is 0.492 e. The average molecular weight is 250 g/mol. The summed E-state index contributed by atoms with van der Waals surface area (Å²) >= 11 is 0. The van der Waals surface area contributed by atoms with Crippen LogP contribution in [-0.4, -0.2) is 38.1 Å². The molecule has 1 aromatic carbocycles. The molecule has 1 rings (SSSR count). The lowest BCUT2D eigenvalue weighted by Crippen LogP contribution is -2.19. The van der Waals surface area contributed by atoms with Gasteiger partial charge in [0.1, 0.15) is 12.4 Å². The molecule has 0 atom stereocenters. The molecule has 4 heteroatoms. The maximum absolute atomic E-state index is 11.5. The monoisotopic (exact) mass is 250 g/mol. The van der Waals surface area contributed by atoms with Gasteiger partial charge in [-0.3, -0.25) is 4.79 Å². The molecule has 1 amide bonds. The highest BCUT2D eigenvalue weighted by atomic mass is 16.5. The zero-order valence-corrected chi connectivity index (χ0v) is 11.6. The summed E-state index contributed by atoms with van der Waals surface area (Å²) in [4.78, 5) is 13.6. The lowest BCUT2D eigenvalue weighted by Gasteiger charge is -2.12. The van der Waals surface area contributed by atoms with Crippen molar-refractivity contribution in [3.8, 4) is 5.75 Å². The van der Waals surface area contributed by atoms with Gasteiger partial charge in [-0.15, -0.1) is 0 Å². The van der Waals surface area contributed by atoms with E-state index >= 15 is 0 Å². The molecule has 1 aromatic rings. The van der Waals surface area contributed by atoms with Gasteiger partial charge in [-0.05, 0) is 38.4 Å². The zero-order valence-electron chi connectivity index (χ0n) is 11.6. The van der Waals surface area contributed by atoms with Crippen LogP contribution in [0, 0.1) is 5.92 Å². The number of likely N-dealkylation sites (N-methyl/N-ethyl adjacent to an activating group) is 1. The Morgan fingerprint density at radius 2 is 1.89 bits per heavy atom. The molecule has 0 aromatic heterocycles. The van der Waals surface area contributed by atoms with Gasteiger partial charge in [0.25, 0.3) is 0 Å². The molecule has 0 aliphatic carbocycles. The third kappa shape index (κ3) is 5.19. The summed E-state index contributed by atoms with van der Waals surface area (Å²) < 4.78 is 5.57. The van der Waals surface area contributed by atoms with E-state index in [0.29, 0.717) is 6.61 Å². The van der Waals surface area contributed by atoms with E-state index in [1.165, 1.54) is 0 Å². The van der Waals surface area contributed by atoms with E-state index in [4.69, 9.17) is 4.74 Å². The number of hydrogen-bond donors (Lipinski definition) is 1. The van der Waals surface area contributed by atoms with Crippen molar-refractivity contribution in [1.29, 1.82) is 0 Å². The third-order valence-corrected chi connectivity index (χ3v) is 2.45. The van der Waals surface area contributed by atoms with Crippen molar-refractivity contribution in [1.82, 2.24) is 4.90 Å². The third-order valence-electron chi connectivity index (χ3n) is 2.45. The lowest BCUT2D eigenvalue weighted by atomic mass is 10.2. The molecule has 1 N–H and O–H groups in total.